The van der Waals surface area contributed by atoms with E-state index in [1.165, 1.54) is 0 Å². The van der Waals surface area contributed by atoms with Crippen LogP contribution in [0.5, 0.6) is 11.5 Å². The van der Waals surface area contributed by atoms with E-state index in [-0.39, 0.29) is 6.61 Å². The third kappa shape index (κ3) is 3.14. The Morgan fingerprint density at radius 1 is 1.00 bits per heavy atom. The molecule has 5 aromatic rings. The van der Waals surface area contributed by atoms with Crippen LogP contribution in [0, 0.1) is 6.92 Å². The summed E-state index contributed by atoms with van der Waals surface area (Å²) in [5.41, 5.74) is 3.54. The Kier molecular flexibility index (Phi) is 4.09. The molecule has 144 valence electrons. The summed E-state index contributed by atoms with van der Waals surface area (Å²) in [6.45, 7) is 2.29. The molecule has 0 spiro atoms. The molecule has 3 aromatic heterocycles. The van der Waals surface area contributed by atoms with Crippen molar-refractivity contribution in [1.82, 2.24) is 29.4 Å². The van der Waals surface area contributed by atoms with Crippen LogP contribution in [0.1, 0.15) is 11.4 Å². The van der Waals surface area contributed by atoms with E-state index < -0.39 is 0 Å². The quantitative estimate of drug-likeness (QED) is 0.461. The number of hydrogen-bond donors (Lipinski definition) is 0. The minimum atomic E-state index is 0.238. The third-order valence-corrected chi connectivity index (χ3v) is 4.60. The van der Waals surface area contributed by atoms with Crippen molar-refractivity contribution < 1.29 is 9.47 Å². The lowest BCUT2D eigenvalue weighted by Gasteiger charge is -2.05. The van der Waals surface area contributed by atoms with E-state index in [1.807, 2.05) is 54.1 Å². The predicted octanol–water partition coefficient (Wildman–Crippen LogP) is 3.36. The zero-order chi connectivity index (χ0) is 19.8. The minimum Gasteiger partial charge on any atom is -0.497 e. The molecule has 0 amide bonds. The van der Waals surface area contributed by atoms with Crippen LogP contribution in [0.2, 0.25) is 0 Å². The summed E-state index contributed by atoms with van der Waals surface area (Å²) in [5, 5.41) is 9.80. The molecule has 0 atom stereocenters. The molecule has 0 N–H and O–H groups in total. The first kappa shape index (κ1) is 17.2. The largest absolute Gasteiger partial charge is 0.497 e. The summed E-state index contributed by atoms with van der Waals surface area (Å²) in [5.74, 6) is 1.99. The molecular weight excluding hydrogens is 368 g/mol. The molecule has 0 aliphatic rings. The average molecular weight is 386 g/mol. The highest BCUT2D eigenvalue weighted by Gasteiger charge is 2.14. The van der Waals surface area contributed by atoms with Gasteiger partial charge in [-0.1, -0.05) is 18.2 Å². The van der Waals surface area contributed by atoms with Crippen LogP contribution in [0.3, 0.4) is 0 Å². The van der Waals surface area contributed by atoms with E-state index in [0.717, 1.165) is 28.0 Å². The number of hydrogen-bond acceptors (Lipinski definition) is 6. The molecule has 0 unspecified atom stereocenters. The van der Waals surface area contributed by atoms with Gasteiger partial charge in [0.2, 0.25) is 0 Å². The number of aromatic nitrogens is 6. The maximum atomic E-state index is 5.80. The van der Waals surface area contributed by atoms with Crippen molar-refractivity contribution in [2.75, 3.05) is 7.11 Å². The van der Waals surface area contributed by atoms with Crippen LogP contribution in [-0.4, -0.2) is 36.5 Å². The minimum absolute atomic E-state index is 0.238. The van der Waals surface area contributed by atoms with Crippen molar-refractivity contribution in [3.8, 4) is 17.2 Å². The van der Waals surface area contributed by atoms with Crippen molar-refractivity contribution in [2.45, 2.75) is 13.5 Å². The standard InChI is InChI=1S/C21H18N6O2/c1-14-5-3-6-15(9-14)27-20-18(11-23-27)21-24-19(25-26(21)13-22-20)12-29-17-8-4-7-16(10-17)28-2/h3-11,13H,12H2,1-2H3. The normalized spacial score (nSPS) is 11.2. The van der Waals surface area contributed by atoms with Crippen molar-refractivity contribution in [2.24, 2.45) is 0 Å². The molecule has 8 nitrogen and oxygen atoms in total. The van der Waals surface area contributed by atoms with Gasteiger partial charge in [0, 0.05) is 6.07 Å². The molecule has 0 saturated carbocycles. The zero-order valence-electron chi connectivity index (χ0n) is 16.0. The molecule has 5 rings (SSSR count). The van der Waals surface area contributed by atoms with Crippen LogP contribution in [0.25, 0.3) is 22.4 Å². The smallest absolute Gasteiger partial charge is 0.189 e. The van der Waals surface area contributed by atoms with Crippen LogP contribution in [0.15, 0.2) is 61.1 Å². The summed E-state index contributed by atoms with van der Waals surface area (Å²) >= 11 is 0. The number of ether oxygens (including phenoxy) is 2. The fraction of sp³-hybridized carbons (Fsp3) is 0.143. The first-order valence-electron chi connectivity index (χ1n) is 9.13. The van der Waals surface area contributed by atoms with Gasteiger partial charge in [-0.2, -0.15) is 5.10 Å². The van der Waals surface area contributed by atoms with Crippen LogP contribution in [-0.2, 0) is 6.61 Å². The highest BCUT2D eigenvalue weighted by Crippen LogP contribution is 2.22. The third-order valence-electron chi connectivity index (χ3n) is 4.60. The van der Waals surface area contributed by atoms with Crippen molar-refractivity contribution in [3.63, 3.8) is 0 Å². The Labute approximate surface area is 166 Å². The number of methoxy groups -OCH3 is 1. The number of rotatable bonds is 5. The summed E-state index contributed by atoms with van der Waals surface area (Å²) in [7, 11) is 1.62. The lowest BCUT2D eigenvalue weighted by molar-refractivity contribution is 0.294. The molecule has 29 heavy (non-hydrogen) atoms. The van der Waals surface area contributed by atoms with E-state index >= 15 is 0 Å². The van der Waals surface area contributed by atoms with Crippen LogP contribution in [0.4, 0.5) is 0 Å². The van der Waals surface area contributed by atoms with Gasteiger partial charge in [0.05, 0.1) is 24.4 Å². The monoisotopic (exact) mass is 386 g/mol. The number of fused-ring (bicyclic) bond motifs is 3. The Balaban J connectivity index is 1.48. The fourth-order valence-corrected chi connectivity index (χ4v) is 3.21. The van der Waals surface area contributed by atoms with Crippen molar-refractivity contribution >= 4 is 16.7 Å². The van der Waals surface area contributed by atoms with E-state index in [4.69, 9.17) is 9.47 Å². The van der Waals surface area contributed by atoms with Gasteiger partial charge in [-0.15, -0.1) is 5.10 Å². The summed E-state index contributed by atoms with van der Waals surface area (Å²) in [6.07, 6.45) is 3.41. The van der Waals surface area contributed by atoms with Crippen LogP contribution >= 0.6 is 0 Å². The van der Waals surface area contributed by atoms with E-state index in [9.17, 15) is 0 Å². The number of aryl methyl sites for hydroxylation is 1. The van der Waals surface area contributed by atoms with Gasteiger partial charge in [-0.05, 0) is 36.8 Å². The molecule has 0 aliphatic carbocycles. The average Bonchev–Trinajstić information content (AvgIpc) is 3.36. The Morgan fingerprint density at radius 3 is 2.72 bits per heavy atom. The van der Waals surface area contributed by atoms with Gasteiger partial charge in [0.25, 0.3) is 0 Å². The highest BCUT2D eigenvalue weighted by molar-refractivity contribution is 5.89. The number of nitrogens with zero attached hydrogens (tertiary/aromatic N) is 6. The summed E-state index contributed by atoms with van der Waals surface area (Å²) < 4.78 is 14.5. The maximum absolute atomic E-state index is 5.80. The second kappa shape index (κ2) is 6.90. The first-order valence-corrected chi connectivity index (χ1v) is 9.13. The molecule has 0 fully saturated rings. The molecule has 0 bridgehead atoms. The predicted molar refractivity (Wildman–Crippen MR) is 107 cm³/mol. The summed E-state index contributed by atoms with van der Waals surface area (Å²) in [6, 6.07) is 15.5. The van der Waals surface area contributed by atoms with E-state index in [2.05, 4.69) is 26.2 Å². The zero-order valence-corrected chi connectivity index (χ0v) is 16.0. The lowest BCUT2D eigenvalue weighted by Crippen LogP contribution is -1.99. The van der Waals surface area contributed by atoms with Gasteiger partial charge in [0.15, 0.2) is 17.1 Å². The van der Waals surface area contributed by atoms with Gasteiger partial charge in [-0.3, -0.25) is 0 Å². The molecule has 0 radical (unpaired) electrons. The molecule has 0 aliphatic heterocycles. The van der Waals surface area contributed by atoms with Gasteiger partial charge in [-0.25, -0.2) is 19.2 Å². The van der Waals surface area contributed by atoms with Crippen molar-refractivity contribution in [3.05, 3.63) is 72.4 Å². The fourth-order valence-electron chi connectivity index (χ4n) is 3.21. The molecular formula is C21H18N6O2. The SMILES string of the molecule is COc1cccc(OCc2nc3c4cnn(-c5cccc(C)c5)c4ncn3n2)c1. The van der Waals surface area contributed by atoms with Gasteiger partial charge < -0.3 is 9.47 Å². The van der Waals surface area contributed by atoms with E-state index in [0.29, 0.717) is 17.2 Å². The second-order valence-electron chi connectivity index (χ2n) is 6.64. The molecule has 0 saturated heterocycles. The molecule has 2 aromatic carbocycles. The topological polar surface area (TPSA) is 79.4 Å². The first-order chi connectivity index (χ1) is 14.2. The van der Waals surface area contributed by atoms with Gasteiger partial charge in [0.1, 0.15) is 24.4 Å². The maximum Gasteiger partial charge on any atom is 0.189 e. The second-order valence-corrected chi connectivity index (χ2v) is 6.64. The van der Waals surface area contributed by atoms with Crippen LogP contribution < -0.4 is 9.47 Å². The Morgan fingerprint density at radius 2 is 1.86 bits per heavy atom. The summed E-state index contributed by atoms with van der Waals surface area (Å²) in [4.78, 5) is 9.16. The lowest BCUT2D eigenvalue weighted by atomic mass is 10.2. The number of benzene rings is 2. The van der Waals surface area contributed by atoms with Crippen molar-refractivity contribution in [1.29, 1.82) is 0 Å². The van der Waals surface area contributed by atoms with E-state index in [1.54, 1.807) is 24.1 Å². The Hall–Kier alpha value is -3.94. The Bertz CT molecular complexity index is 1320. The highest BCUT2D eigenvalue weighted by atomic mass is 16.5. The van der Waals surface area contributed by atoms with Gasteiger partial charge >= 0.3 is 0 Å². The molecule has 8 heteroatoms. The molecule has 3 heterocycles.